The van der Waals surface area contributed by atoms with E-state index in [-0.39, 0.29) is 21.8 Å². The molecule has 0 radical (unpaired) electrons. The minimum Gasteiger partial charge on any atom is -0.594 e. The lowest BCUT2D eigenvalue weighted by atomic mass is 10.3. The van der Waals surface area contributed by atoms with Gasteiger partial charge in [0, 0.05) is 64.5 Å². The van der Waals surface area contributed by atoms with Crippen molar-refractivity contribution < 1.29 is 28.1 Å². The maximum absolute atomic E-state index is 12.8. The molecular formula is C26H22ClF2N9O4. The monoisotopic (exact) mass is 597 g/mol. The highest BCUT2D eigenvalue weighted by atomic mass is 35.5. The molecule has 216 valence electrons. The number of aromatic nitrogens is 9. The first kappa shape index (κ1) is 29.8. The minimum absolute atomic E-state index is 0.186. The average Bonchev–Trinajstić information content (AvgIpc) is 2.96. The Morgan fingerprint density at radius 3 is 1.57 bits per heavy atom. The molecule has 6 rings (SSSR count). The number of rotatable bonds is 3. The van der Waals surface area contributed by atoms with Gasteiger partial charge in [-0.2, -0.15) is 0 Å². The number of aryl methyl sites for hydroxylation is 2. The van der Waals surface area contributed by atoms with Crippen LogP contribution < -0.4 is 19.3 Å². The maximum atomic E-state index is 12.8. The van der Waals surface area contributed by atoms with Gasteiger partial charge in [0.1, 0.15) is 33.9 Å². The second kappa shape index (κ2) is 13.0. The fourth-order valence-corrected chi connectivity index (χ4v) is 3.73. The molecule has 3 aromatic carbocycles. The zero-order valence-corrected chi connectivity index (χ0v) is 23.2. The lowest BCUT2D eigenvalue weighted by molar-refractivity contribution is -0.644. The van der Waals surface area contributed by atoms with Crippen LogP contribution in [0.25, 0.3) is 33.1 Å². The Morgan fingerprint density at radius 1 is 0.667 bits per heavy atom. The minimum atomic E-state index is -0.470. The summed E-state index contributed by atoms with van der Waals surface area (Å²) < 4.78 is 30.6. The second-order valence-electron chi connectivity index (χ2n) is 8.38. The number of hydrogen-bond acceptors (Lipinski definition) is 10. The summed E-state index contributed by atoms with van der Waals surface area (Å²) >= 11 is 5.41. The zero-order valence-electron chi connectivity index (χ0n) is 22.4. The number of halogens is 3. The van der Waals surface area contributed by atoms with E-state index in [1.165, 1.54) is 24.3 Å². The van der Waals surface area contributed by atoms with Gasteiger partial charge in [0.2, 0.25) is 0 Å². The summed E-state index contributed by atoms with van der Waals surface area (Å²) in [5, 5.41) is 44.5. The summed E-state index contributed by atoms with van der Waals surface area (Å²) in [7, 11) is 1.58. The SMILES string of the molecule is CCc1nc2cc(F)ccc2[n+]([O-])n1.CCc1nc2cc(OC)ccc2[n+]([O-])n1.[O-][n+]1nc(Cl)nc2cc(F)ccc21. The molecule has 0 bridgehead atoms. The zero-order chi connectivity index (χ0) is 30.4. The van der Waals surface area contributed by atoms with E-state index in [2.05, 4.69) is 30.2 Å². The van der Waals surface area contributed by atoms with Crippen molar-refractivity contribution in [3.8, 4) is 5.75 Å². The van der Waals surface area contributed by atoms with Crippen LogP contribution in [-0.4, -0.2) is 37.4 Å². The Bertz CT molecular complexity index is 1890. The van der Waals surface area contributed by atoms with E-state index in [0.717, 1.165) is 12.1 Å². The standard InChI is InChI=1S/C10H11N3O2.C9H8FN3O.C7H3ClFN3O/c1-3-10-11-8-6-7(15-2)4-5-9(8)13(14)12-10;1-2-9-11-7-5-6(10)3-4-8(7)13(14)12-9;8-7-10-5-3-4(9)1-2-6(5)12(13)11-7/h4-6H,3H2,1-2H3;3-5H,2H2,1H3;1-3H. The Hall–Kier alpha value is -5.18. The first-order valence-corrected chi connectivity index (χ1v) is 12.7. The van der Waals surface area contributed by atoms with Crippen LogP contribution in [0.15, 0.2) is 54.6 Å². The van der Waals surface area contributed by atoms with Crippen LogP contribution in [0.4, 0.5) is 8.78 Å². The summed E-state index contributed by atoms with van der Waals surface area (Å²) in [6, 6.07) is 12.5. The molecule has 6 aromatic rings. The maximum Gasteiger partial charge on any atom is 0.290 e. The fraction of sp³-hybridized carbons (Fsp3) is 0.192. The van der Waals surface area contributed by atoms with Crippen LogP contribution in [0.5, 0.6) is 5.75 Å². The fourth-order valence-electron chi connectivity index (χ4n) is 3.57. The van der Waals surface area contributed by atoms with Crippen LogP contribution in [0.2, 0.25) is 5.28 Å². The molecule has 42 heavy (non-hydrogen) atoms. The molecule has 3 aromatic heterocycles. The first-order valence-electron chi connectivity index (χ1n) is 12.3. The molecule has 0 fully saturated rings. The highest BCUT2D eigenvalue weighted by Crippen LogP contribution is 2.16. The van der Waals surface area contributed by atoms with Gasteiger partial charge < -0.3 is 20.4 Å². The van der Waals surface area contributed by atoms with Gasteiger partial charge in [-0.15, -0.1) is 0 Å². The van der Waals surface area contributed by atoms with Crippen molar-refractivity contribution in [3.63, 3.8) is 0 Å². The van der Waals surface area contributed by atoms with E-state index in [0.29, 0.717) is 61.3 Å². The van der Waals surface area contributed by atoms with Crippen molar-refractivity contribution in [2.75, 3.05) is 7.11 Å². The molecule has 3 heterocycles. The molecule has 0 spiro atoms. The Kier molecular flexibility index (Phi) is 9.22. The Balaban J connectivity index is 0.000000145. The topological polar surface area (TPSA) is 167 Å². The molecule has 0 unspecified atom stereocenters. The number of methoxy groups -OCH3 is 1. The van der Waals surface area contributed by atoms with Crippen molar-refractivity contribution in [1.29, 1.82) is 0 Å². The van der Waals surface area contributed by atoms with E-state index in [1.54, 1.807) is 25.3 Å². The number of benzene rings is 3. The largest absolute Gasteiger partial charge is 0.594 e. The van der Waals surface area contributed by atoms with E-state index >= 15 is 0 Å². The van der Waals surface area contributed by atoms with Gasteiger partial charge in [0.15, 0.2) is 11.6 Å². The lowest BCUT2D eigenvalue weighted by Crippen LogP contribution is -2.33. The van der Waals surface area contributed by atoms with E-state index in [1.807, 2.05) is 13.8 Å². The Labute approximate surface area is 241 Å². The van der Waals surface area contributed by atoms with Gasteiger partial charge in [-0.05, 0) is 44.3 Å². The van der Waals surface area contributed by atoms with E-state index < -0.39 is 11.6 Å². The third-order valence-electron chi connectivity index (χ3n) is 5.61. The van der Waals surface area contributed by atoms with Gasteiger partial charge >= 0.3 is 0 Å². The number of hydrogen-bond donors (Lipinski definition) is 0. The molecule has 0 N–H and O–H groups in total. The van der Waals surface area contributed by atoms with Gasteiger partial charge in [-0.1, -0.05) is 13.8 Å². The summed E-state index contributed by atoms with van der Waals surface area (Å²) in [6.45, 7) is 3.74. The molecule has 0 atom stereocenters. The molecule has 16 heteroatoms. The molecular weight excluding hydrogens is 576 g/mol. The van der Waals surface area contributed by atoms with Crippen molar-refractivity contribution in [3.05, 3.63) is 98.8 Å². The van der Waals surface area contributed by atoms with E-state index in [9.17, 15) is 24.4 Å². The molecule has 0 saturated carbocycles. The van der Waals surface area contributed by atoms with Crippen LogP contribution in [0.1, 0.15) is 25.5 Å². The first-order chi connectivity index (χ1) is 20.1. The lowest BCUT2D eigenvalue weighted by Gasteiger charge is -2.02. The van der Waals surface area contributed by atoms with E-state index in [4.69, 9.17) is 16.3 Å². The summed E-state index contributed by atoms with van der Waals surface area (Å²) in [5.74, 6) is 0.757. The summed E-state index contributed by atoms with van der Waals surface area (Å²) in [6.07, 6.45) is 1.18. The third-order valence-corrected chi connectivity index (χ3v) is 5.77. The van der Waals surface area contributed by atoms with Crippen molar-refractivity contribution in [2.45, 2.75) is 26.7 Å². The molecule has 0 saturated heterocycles. The van der Waals surface area contributed by atoms with Crippen LogP contribution in [0.3, 0.4) is 0 Å². The van der Waals surface area contributed by atoms with Gasteiger partial charge in [-0.3, -0.25) is 0 Å². The molecule has 0 aliphatic carbocycles. The molecule has 0 amide bonds. The number of fused-ring (bicyclic) bond motifs is 3. The molecule has 0 aliphatic heterocycles. The van der Waals surface area contributed by atoms with Crippen LogP contribution in [-0.2, 0) is 12.8 Å². The van der Waals surface area contributed by atoms with Gasteiger partial charge in [0.05, 0.1) is 7.11 Å². The van der Waals surface area contributed by atoms with Crippen LogP contribution in [0, 0.1) is 27.3 Å². The number of ether oxygens (including phenoxy) is 1. The third kappa shape index (κ3) is 6.93. The smallest absolute Gasteiger partial charge is 0.290 e. The van der Waals surface area contributed by atoms with Gasteiger partial charge in [-0.25, -0.2) is 23.7 Å². The number of nitrogens with zero attached hydrogens (tertiary/aromatic N) is 9. The predicted molar refractivity (Wildman–Crippen MR) is 146 cm³/mol. The Morgan fingerprint density at radius 2 is 1.10 bits per heavy atom. The molecule has 13 nitrogen and oxygen atoms in total. The predicted octanol–water partition coefficient (Wildman–Crippen LogP) is 2.85. The highest BCUT2D eigenvalue weighted by Gasteiger charge is 2.12. The van der Waals surface area contributed by atoms with Crippen LogP contribution >= 0.6 is 11.6 Å². The normalized spacial score (nSPS) is 10.6. The average molecular weight is 598 g/mol. The highest BCUT2D eigenvalue weighted by molar-refractivity contribution is 6.28. The van der Waals surface area contributed by atoms with Crippen molar-refractivity contribution in [1.82, 2.24) is 30.2 Å². The van der Waals surface area contributed by atoms with Gasteiger partial charge in [0.25, 0.3) is 21.8 Å². The molecule has 0 aliphatic rings. The summed E-state index contributed by atoms with van der Waals surface area (Å²) in [5.41, 5.74) is 2.06. The summed E-state index contributed by atoms with van der Waals surface area (Å²) in [4.78, 5) is 13.4. The quantitative estimate of drug-likeness (QED) is 0.218. The van der Waals surface area contributed by atoms with Crippen molar-refractivity contribution >= 4 is 44.7 Å². The second-order valence-corrected chi connectivity index (χ2v) is 8.72. The van der Waals surface area contributed by atoms with Crippen molar-refractivity contribution in [2.24, 2.45) is 0 Å².